The predicted octanol–water partition coefficient (Wildman–Crippen LogP) is 4.12. The standard InChI is InChI=1S/C26H27N3O3S/c30-24(32-20-21-9-3-1-4-10-21)19-28-15-8-16-29(18-17-28)26(31)23-13-7-14-27-25(23)33-22-11-5-2-6-12-22/h1-7,9-14H,8,15-20H2. The van der Waals surface area contributed by atoms with Crippen molar-refractivity contribution >= 4 is 23.6 Å². The second kappa shape index (κ2) is 11.6. The van der Waals surface area contributed by atoms with Crippen LogP contribution in [-0.2, 0) is 16.1 Å². The number of carbonyl (C=O) groups is 2. The normalized spacial score (nSPS) is 14.5. The lowest BCUT2D eigenvalue weighted by Gasteiger charge is -2.22. The number of esters is 1. The first-order valence-corrected chi connectivity index (χ1v) is 11.9. The molecule has 2 aromatic carbocycles. The van der Waals surface area contributed by atoms with Gasteiger partial charge in [0.25, 0.3) is 5.91 Å². The highest BCUT2D eigenvalue weighted by atomic mass is 32.2. The van der Waals surface area contributed by atoms with E-state index in [-0.39, 0.29) is 25.0 Å². The lowest BCUT2D eigenvalue weighted by Crippen LogP contribution is -2.37. The molecule has 1 aromatic heterocycles. The summed E-state index contributed by atoms with van der Waals surface area (Å²) in [6, 6.07) is 23.2. The maximum atomic E-state index is 13.3. The number of nitrogens with zero attached hydrogens (tertiary/aromatic N) is 3. The summed E-state index contributed by atoms with van der Waals surface area (Å²) >= 11 is 1.49. The third-order valence-electron chi connectivity index (χ3n) is 5.43. The number of benzene rings is 2. The smallest absolute Gasteiger partial charge is 0.320 e. The van der Waals surface area contributed by atoms with Gasteiger partial charge in [0, 0.05) is 37.3 Å². The third-order valence-corrected chi connectivity index (χ3v) is 6.46. The van der Waals surface area contributed by atoms with Gasteiger partial charge in [0.05, 0.1) is 12.1 Å². The highest BCUT2D eigenvalue weighted by Gasteiger charge is 2.24. The second-order valence-electron chi connectivity index (χ2n) is 7.84. The van der Waals surface area contributed by atoms with E-state index in [4.69, 9.17) is 4.74 Å². The summed E-state index contributed by atoms with van der Waals surface area (Å²) in [7, 11) is 0. The van der Waals surface area contributed by atoms with Crippen molar-refractivity contribution in [3.8, 4) is 0 Å². The molecule has 0 bridgehead atoms. The summed E-state index contributed by atoms with van der Waals surface area (Å²) in [6.07, 6.45) is 2.52. The minimum atomic E-state index is -0.243. The van der Waals surface area contributed by atoms with E-state index in [1.54, 1.807) is 12.3 Å². The van der Waals surface area contributed by atoms with Crippen molar-refractivity contribution in [1.82, 2.24) is 14.8 Å². The van der Waals surface area contributed by atoms with E-state index in [0.29, 0.717) is 30.2 Å². The van der Waals surface area contributed by atoms with E-state index in [0.717, 1.165) is 23.4 Å². The molecule has 0 atom stereocenters. The molecule has 1 saturated heterocycles. The molecule has 0 saturated carbocycles. The van der Waals surface area contributed by atoms with Crippen LogP contribution < -0.4 is 0 Å². The maximum absolute atomic E-state index is 13.3. The molecule has 1 aliphatic heterocycles. The molecule has 2 heterocycles. The summed E-state index contributed by atoms with van der Waals surface area (Å²) in [5, 5.41) is 0.708. The van der Waals surface area contributed by atoms with Crippen LogP contribution in [0.4, 0.5) is 0 Å². The van der Waals surface area contributed by atoms with Gasteiger partial charge in [-0.05, 0) is 36.2 Å². The Morgan fingerprint density at radius 2 is 1.64 bits per heavy atom. The first-order chi connectivity index (χ1) is 16.2. The number of amides is 1. The van der Waals surface area contributed by atoms with Crippen LogP contribution in [0.1, 0.15) is 22.3 Å². The average molecular weight is 462 g/mol. The highest BCUT2D eigenvalue weighted by molar-refractivity contribution is 7.99. The molecule has 1 aliphatic rings. The van der Waals surface area contributed by atoms with Crippen LogP contribution in [0.2, 0.25) is 0 Å². The van der Waals surface area contributed by atoms with Gasteiger partial charge in [-0.1, -0.05) is 60.3 Å². The molecule has 6 nitrogen and oxygen atoms in total. The Labute approximate surface area is 198 Å². The van der Waals surface area contributed by atoms with E-state index in [9.17, 15) is 9.59 Å². The molecule has 4 rings (SSSR count). The van der Waals surface area contributed by atoms with Gasteiger partial charge < -0.3 is 9.64 Å². The average Bonchev–Trinajstić information content (AvgIpc) is 3.09. The number of hydrogen-bond acceptors (Lipinski definition) is 6. The topological polar surface area (TPSA) is 62.7 Å². The van der Waals surface area contributed by atoms with Crippen LogP contribution in [0.3, 0.4) is 0 Å². The highest BCUT2D eigenvalue weighted by Crippen LogP contribution is 2.29. The second-order valence-corrected chi connectivity index (χ2v) is 8.90. The van der Waals surface area contributed by atoms with Crippen LogP contribution >= 0.6 is 11.8 Å². The zero-order valence-electron chi connectivity index (χ0n) is 18.4. The van der Waals surface area contributed by atoms with Crippen LogP contribution in [-0.4, -0.2) is 59.4 Å². The Kier molecular flexibility index (Phi) is 8.11. The molecule has 1 amide bonds. The van der Waals surface area contributed by atoms with Gasteiger partial charge in [-0.25, -0.2) is 4.98 Å². The molecule has 0 spiro atoms. The molecule has 0 aliphatic carbocycles. The quantitative estimate of drug-likeness (QED) is 0.493. The molecule has 0 radical (unpaired) electrons. The first kappa shape index (κ1) is 23.0. The van der Waals surface area contributed by atoms with Crippen molar-refractivity contribution in [3.05, 3.63) is 90.1 Å². The van der Waals surface area contributed by atoms with Gasteiger partial charge in [-0.3, -0.25) is 14.5 Å². The third kappa shape index (κ3) is 6.66. The van der Waals surface area contributed by atoms with Crippen molar-refractivity contribution < 1.29 is 14.3 Å². The Morgan fingerprint density at radius 3 is 2.42 bits per heavy atom. The molecular formula is C26H27N3O3S. The molecule has 0 N–H and O–H groups in total. The lowest BCUT2D eigenvalue weighted by molar-refractivity contribution is -0.146. The van der Waals surface area contributed by atoms with E-state index in [2.05, 4.69) is 9.88 Å². The fraction of sp³-hybridized carbons (Fsp3) is 0.269. The van der Waals surface area contributed by atoms with Crippen LogP contribution in [0.5, 0.6) is 0 Å². The Hall–Kier alpha value is -3.16. The molecule has 1 fully saturated rings. The predicted molar refractivity (Wildman–Crippen MR) is 128 cm³/mol. The number of pyridine rings is 1. The number of carbonyl (C=O) groups excluding carboxylic acids is 2. The number of rotatable bonds is 7. The van der Waals surface area contributed by atoms with E-state index < -0.39 is 0 Å². The summed E-state index contributed by atoms with van der Waals surface area (Å²) < 4.78 is 5.42. The summed E-state index contributed by atoms with van der Waals surface area (Å²) in [4.78, 5) is 35.0. The van der Waals surface area contributed by atoms with E-state index >= 15 is 0 Å². The summed E-state index contributed by atoms with van der Waals surface area (Å²) in [6.45, 7) is 3.11. The van der Waals surface area contributed by atoms with Crippen molar-refractivity contribution in [2.75, 3.05) is 32.7 Å². The van der Waals surface area contributed by atoms with Crippen molar-refractivity contribution in [2.45, 2.75) is 22.9 Å². The molecule has 170 valence electrons. The Morgan fingerprint density at radius 1 is 0.879 bits per heavy atom. The van der Waals surface area contributed by atoms with Gasteiger partial charge in [-0.2, -0.15) is 0 Å². The van der Waals surface area contributed by atoms with Gasteiger partial charge in [0.1, 0.15) is 11.6 Å². The molecule has 3 aromatic rings. The SMILES string of the molecule is O=C(CN1CCCN(C(=O)c2cccnc2Sc2ccccc2)CC1)OCc1ccccc1. The van der Waals surface area contributed by atoms with Crippen molar-refractivity contribution in [3.63, 3.8) is 0 Å². The van der Waals surface area contributed by atoms with Gasteiger partial charge in [-0.15, -0.1) is 0 Å². The van der Waals surface area contributed by atoms with Crippen molar-refractivity contribution in [1.29, 1.82) is 0 Å². The molecular weight excluding hydrogens is 434 g/mol. The van der Waals surface area contributed by atoms with E-state index in [1.165, 1.54) is 11.8 Å². The fourth-order valence-electron chi connectivity index (χ4n) is 3.70. The van der Waals surface area contributed by atoms with Gasteiger partial charge in [0.2, 0.25) is 0 Å². The van der Waals surface area contributed by atoms with Gasteiger partial charge in [0.15, 0.2) is 0 Å². The monoisotopic (exact) mass is 461 g/mol. The Balaban J connectivity index is 1.32. The Bertz CT molecular complexity index is 1060. The van der Waals surface area contributed by atoms with Gasteiger partial charge >= 0.3 is 5.97 Å². The van der Waals surface area contributed by atoms with Crippen LogP contribution in [0.15, 0.2) is 88.9 Å². The number of aromatic nitrogens is 1. The molecule has 33 heavy (non-hydrogen) atoms. The van der Waals surface area contributed by atoms with Crippen LogP contribution in [0, 0.1) is 0 Å². The molecule has 7 heteroatoms. The summed E-state index contributed by atoms with van der Waals surface area (Å²) in [5.74, 6) is -0.262. The minimum Gasteiger partial charge on any atom is -0.460 e. The zero-order chi connectivity index (χ0) is 22.9. The fourth-order valence-corrected chi connectivity index (χ4v) is 4.60. The minimum absolute atomic E-state index is 0.0185. The maximum Gasteiger partial charge on any atom is 0.320 e. The largest absolute Gasteiger partial charge is 0.460 e. The first-order valence-electron chi connectivity index (χ1n) is 11.1. The number of hydrogen-bond donors (Lipinski definition) is 0. The number of ether oxygens (including phenoxy) is 1. The summed E-state index contributed by atoms with van der Waals surface area (Å²) in [5.41, 5.74) is 1.58. The molecule has 0 unspecified atom stereocenters. The zero-order valence-corrected chi connectivity index (χ0v) is 19.2. The lowest BCUT2D eigenvalue weighted by atomic mass is 10.2. The van der Waals surface area contributed by atoms with Crippen molar-refractivity contribution in [2.24, 2.45) is 0 Å². The van der Waals surface area contributed by atoms with Crippen LogP contribution in [0.25, 0.3) is 0 Å². The van der Waals surface area contributed by atoms with E-state index in [1.807, 2.05) is 71.6 Å².